The maximum absolute atomic E-state index is 12.5. The minimum absolute atomic E-state index is 0.195. The smallest absolute Gasteiger partial charge is 0.222 e. The third kappa shape index (κ3) is 5.81. The Labute approximate surface area is 157 Å². The van der Waals surface area contributed by atoms with Crippen molar-refractivity contribution in [1.82, 2.24) is 9.62 Å². The second-order valence-corrected chi connectivity index (χ2v) is 9.77. The van der Waals surface area contributed by atoms with Crippen molar-refractivity contribution in [2.75, 3.05) is 19.3 Å². The number of likely N-dealkylation sites (tertiary alicyclic amines) is 1. The summed E-state index contributed by atoms with van der Waals surface area (Å²) in [5.74, 6) is 0.845. The lowest BCUT2D eigenvalue weighted by atomic mass is 9.83. The molecular weight excluding hydrogens is 348 g/mol. The van der Waals surface area contributed by atoms with Gasteiger partial charge < -0.3 is 4.90 Å². The maximum atomic E-state index is 12.5. The van der Waals surface area contributed by atoms with Gasteiger partial charge >= 0.3 is 0 Å². The molecule has 3 rings (SSSR count). The van der Waals surface area contributed by atoms with Crippen molar-refractivity contribution in [1.29, 1.82) is 0 Å². The van der Waals surface area contributed by atoms with E-state index in [0.717, 1.165) is 32.1 Å². The summed E-state index contributed by atoms with van der Waals surface area (Å²) in [5.41, 5.74) is 0.912. The highest BCUT2D eigenvalue weighted by atomic mass is 32.2. The largest absolute Gasteiger partial charge is 0.343 e. The number of sulfonamides is 1. The molecule has 26 heavy (non-hydrogen) atoms. The number of carbonyl (C=O) groups excluding carboxylic acids is 1. The number of hydrogen-bond acceptors (Lipinski definition) is 3. The minimum atomic E-state index is -3.24. The second-order valence-electron chi connectivity index (χ2n) is 8.02. The summed E-state index contributed by atoms with van der Waals surface area (Å²) in [6.07, 6.45) is 8.34. The number of nitrogens with one attached hydrogen (secondary N) is 1. The average molecular weight is 379 g/mol. The van der Waals surface area contributed by atoms with Gasteiger partial charge in [0.1, 0.15) is 0 Å². The lowest BCUT2D eigenvalue weighted by molar-refractivity contribution is -0.133. The zero-order chi connectivity index (χ0) is 18.6. The van der Waals surface area contributed by atoms with Gasteiger partial charge in [-0.2, -0.15) is 0 Å². The van der Waals surface area contributed by atoms with Crippen LogP contribution < -0.4 is 4.72 Å². The summed E-state index contributed by atoms with van der Waals surface area (Å²) in [5, 5.41) is 0. The third-order valence-corrected chi connectivity index (χ3v) is 6.35. The molecule has 1 aromatic rings. The van der Waals surface area contributed by atoms with E-state index in [4.69, 9.17) is 0 Å². The van der Waals surface area contributed by atoms with Crippen LogP contribution in [0.2, 0.25) is 0 Å². The number of amides is 1. The number of nitrogens with zero attached hydrogens (tertiary/aromatic N) is 1. The normalized spacial score (nSPS) is 20.1. The molecule has 1 saturated carbocycles. The number of hydrogen-bond donors (Lipinski definition) is 1. The van der Waals surface area contributed by atoms with E-state index in [1.165, 1.54) is 24.7 Å². The highest BCUT2D eigenvalue weighted by molar-refractivity contribution is 7.88. The maximum Gasteiger partial charge on any atom is 0.222 e. The van der Waals surface area contributed by atoms with Crippen LogP contribution in [0.4, 0.5) is 0 Å². The first kappa shape index (κ1) is 19.4. The van der Waals surface area contributed by atoms with Gasteiger partial charge in [0.25, 0.3) is 0 Å². The van der Waals surface area contributed by atoms with E-state index in [1.807, 2.05) is 23.1 Å². The highest BCUT2D eigenvalue weighted by Gasteiger charge is 2.41. The molecule has 1 aliphatic carbocycles. The van der Waals surface area contributed by atoms with Crippen molar-refractivity contribution in [3.63, 3.8) is 0 Å². The van der Waals surface area contributed by atoms with Gasteiger partial charge in [-0.15, -0.1) is 0 Å². The molecule has 6 heteroatoms. The number of rotatable bonds is 8. The molecule has 1 aliphatic heterocycles. The summed E-state index contributed by atoms with van der Waals surface area (Å²) < 4.78 is 26.5. The first-order valence-electron chi connectivity index (χ1n) is 9.66. The average Bonchev–Trinajstić information content (AvgIpc) is 3.38. The van der Waals surface area contributed by atoms with Gasteiger partial charge in [0, 0.05) is 25.0 Å². The molecule has 1 amide bonds. The number of piperidine rings is 1. The zero-order valence-corrected chi connectivity index (χ0v) is 16.4. The molecular formula is C20H30N2O3S. The molecule has 1 N–H and O–H groups in total. The SMILES string of the molecule is CS(=O)(=O)NC1(CC2CC2)CCN(C(=O)CCCc2ccccc2)CC1. The van der Waals surface area contributed by atoms with E-state index in [9.17, 15) is 13.2 Å². The Morgan fingerprint density at radius 3 is 2.42 bits per heavy atom. The lowest BCUT2D eigenvalue weighted by Crippen LogP contribution is -2.56. The van der Waals surface area contributed by atoms with Gasteiger partial charge in [0.15, 0.2) is 0 Å². The van der Waals surface area contributed by atoms with Gasteiger partial charge in [-0.05, 0) is 43.6 Å². The number of aryl methyl sites for hydroxylation is 1. The first-order valence-corrected chi connectivity index (χ1v) is 11.6. The van der Waals surface area contributed by atoms with Crippen molar-refractivity contribution in [2.24, 2.45) is 5.92 Å². The number of benzene rings is 1. The van der Waals surface area contributed by atoms with Gasteiger partial charge in [-0.1, -0.05) is 43.2 Å². The van der Waals surface area contributed by atoms with Crippen molar-refractivity contribution in [2.45, 2.75) is 56.9 Å². The van der Waals surface area contributed by atoms with Gasteiger partial charge in [0.05, 0.1) is 6.26 Å². The Morgan fingerprint density at radius 1 is 1.19 bits per heavy atom. The van der Waals surface area contributed by atoms with Crippen molar-refractivity contribution < 1.29 is 13.2 Å². The van der Waals surface area contributed by atoms with E-state index in [2.05, 4.69) is 16.9 Å². The van der Waals surface area contributed by atoms with Crippen LogP contribution in [0.1, 0.15) is 50.5 Å². The Hall–Kier alpha value is -1.40. The molecule has 0 aromatic heterocycles. The Balaban J connectivity index is 1.48. The first-order chi connectivity index (χ1) is 12.4. The molecule has 1 saturated heterocycles. The van der Waals surface area contributed by atoms with Crippen molar-refractivity contribution in [3.05, 3.63) is 35.9 Å². The third-order valence-electron chi connectivity index (χ3n) is 5.55. The van der Waals surface area contributed by atoms with E-state index in [0.29, 0.717) is 25.4 Å². The fraction of sp³-hybridized carbons (Fsp3) is 0.650. The Kier molecular flexibility index (Phi) is 6.03. The highest BCUT2D eigenvalue weighted by Crippen LogP contribution is 2.41. The molecule has 0 bridgehead atoms. The van der Waals surface area contributed by atoms with E-state index in [-0.39, 0.29) is 11.4 Å². The fourth-order valence-electron chi connectivity index (χ4n) is 4.05. The van der Waals surface area contributed by atoms with Gasteiger partial charge in [-0.3, -0.25) is 4.79 Å². The summed E-state index contributed by atoms with van der Waals surface area (Å²) >= 11 is 0. The molecule has 0 atom stereocenters. The van der Waals surface area contributed by atoms with Crippen LogP contribution in [0.25, 0.3) is 0 Å². The molecule has 144 valence electrons. The predicted molar refractivity (Wildman–Crippen MR) is 103 cm³/mol. The lowest BCUT2D eigenvalue weighted by Gasteiger charge is -2.42. The van der Waals surface area contributed by atoms with Crippen LogP contribution in [0.5, 0.6) is 0 Å². The van der Waals surface area contributed by atoms with Gasteiger partial charge in [0.2, 0.25) is 15.9 Å². The zero-order valence-electron chi connectivity index (χ0n) is 15.6. The molecule has 0 radical (unpaired) electrons. The van der Waals surface area contributed by atoms with Crippen molar-refractivity contribution >= 4 is 15.9 Å². The summed E-state index contributed by atoms with van der Waals surface area (Å²) in [6.45, 7) is 1.30. The second kappa shape index (κ2) is 8.09. The molecule has 2 fully saturated rings. The monoisotopic (exact) mass is 378 g/mol. The predicted octanol–water partition coefficient (Wildman–Crippen LogP) is 2.72. The Morgan fingerprint density at radius 2 is 1.85 bits per heavy atom. The summed E-state index contributed by atoms with van der Waals surface area (Å²) in [7, 11) is -3.24. The standard InChI is InChI=1S/C20H30N2O3S/c1-26(24,25)21-20(16-18-10-11-18)12-14-22(15-13-20)19(23)9-5-8-17-6-3-2-4-7-17/h2-4,6-7,18,21H,5,8-16H2,1H3. The van der Waals surface area contributed by atoms with Crippen LogP contribution in [-0.4, -0.2) is 44.1 Å². The molecule has 0 unspecified atom stereocenters. The summed E-state index contributed by atoms with van der Waals surface area (Å²) in [6, 6.07) is 10.2. The van der Waals surface area contributed by atoms with Crippen molar-refractivity contribution in [3.8, 4) is 0 Å². The van der Waals surface area contributed by atoms with Crippen LogP contribution >= 0.6 is 0 Å². The number of carbonyl (C=O) groups is 1. The van der Waals surface area contributed by atoms with Gasteiger partial charge in [-0.25, -0.2) is 13.1 Å². The molecule has 0 spiro atoms. The van der Waals surface area contributed by atoms with Crippen LogP contribution in [0.3, 0.4) is 0 Å². The van der Waals surface area contributed by atoms with Crippen LogP contribution in [0, 0.1) is 5.92 Å². The topological polar surface area (TPSA) is 66.5 Å². The van der Waals surface area contributed by atoms with E-state index < -0.39 is 10.0 Å². The van der Waals surface area contributed by atoms with E-state index in [1.54, 1.807) is 0 Å². The molecule has 1 aromatic carbocycles. The Bertz CT molecular complexity index is 706. The van der Waals surface area contributed by atoms with Crippen LogP contribution in [0.15, 0.2) is 30.3 Å². The minimum Gasteiger partial charge on any atom is -0.343 e. The van der Waals surface area contributed by atoms with E-state index >= 15 is 0 Å². The molecule has 5 nitrogen and oxygen atoms in total. The fourth-order valence-corrected chi connectivity index (χ4v) is 5.12. The molecule has 2 aliphatic rings. The quantitative estimate of drug-likeness (QED) is 0.756. The van der Waals surface area contributed by atoms with Crippen LogP contribution in [-0.2, 0) is 21.2 Å². The molecule has 1 heterocycles. The summed E-state index contributed by atoms with van der Waals surface area (Å²) in [4.78, 5) is 14.4.